The van der Waals surface area contributed by atoms with Crippen molar-refractivity contribution in [3.63, 3.8) is 0 Å². The Bertz CT molecular complexity index is 527. The first kappa shape index (κ1) is 13.4. The van der Waals surface area contributed by atoms with Gasteiger partial charge in [0, 0.05) is 39.1 Å². The van der Waals surface area contributed by atoms with Crippen molar-refractivity contribution in [1.29, 1.82) is 0 Å². The first-order valence-corrected chi connectivity index (χ1v) is 7.16. The van der Waals surface area contributed by atoms with E-state index in [-0.39, 0.29) is 16.5 Å². The van der Waals surface area contributed by atoms with Crippen LogP contribution in [0.4, 0.5) is 11.5 Å². The highest BCUT2D eigenvalue weighted by Gasteiger charge is 2.41. The number of aryl methyl sites for hydroxylation is 1. The minimum absolute atomic E-state index is 0.0547. The van der Waals surface area contributed by atoms with E-state index in [0.29, 0.717) is 23.3 Å². The fraction of sp³-hybridized carbons (Fsp3) is 0.769. The van der Waals surface area contributed by atoms with Crippen LogP contribution in [0.15, 0.2) is 0 Å². The molecule has 3 rings (SSSR count). The predicted octanol–water partition coefficient (Wildman–Crippen LogP) is 1.11. The fourth-order valence-corrected chi connectivity index (χ4v) is 3.47. The van der Waals surface area contributed by atoms with E-state index >= 15 is 0 Å². The summed E-state index contributed by atoms with van der Waals surface area (Å²) >= 11 is 0. The van der Waals surface area contributed by atoms with Crippen LogP contribution in [0, 0.1) is 22.0 Å². The van der Waals surface area contributed by atoms with Crippen LogP contribution < -0.4 is 10.2 Å². The van der Waals surface area contributed by atoms with Crippen LogP contribution in [0.5, 0.6) is 0 Å². The molecule has 0 bridgehead atoms. The van der Waals surface area contributed by atoms with Crippen molar-refractivity contribution >= 4 is 11.5 Å². The monoisotopic (exact) mass is 279 g/mol. The third-order valence-electron chi connectivity index (χ3n) is 4.44. The third-order valence-corrected chi connectivity index (χ3v) is 4.44. The highest BCUT2D eigenvalue weighted by Crippen LogP contribution is 2.39. The van der Waals surface area contributed by atoms with E-state index in [2.05, 4.69) is 15.3 Å². The molecule has 0 amide bonds. The maximum absolute atomic E-state index is 11.5. The lowest BCUT2D eigenvalue weighted by molar-refractivity contribution is -0.385. The molecule has 2 fully saturated rings. The zero-order valence-electron chi connectivity index (χ0n) is 12.2. The second-order valence-corrected chi connectivity index (χ2v) is 6.18. The van der Waals surface area contributed by atoms with Crippen LogP contribution in [0.3, 0.4) is 0 Å². The lowest BCUT2D eigenvalue weighted by atomic mass is 10.0. The van der Waals surface area contributed by atoms with Crippen LogP contribution >= 0.6 is 0 Å². The van der Waals surface area contributed by atoms with E-state index < -0.39 is 0 Å². The zero-order chi connectivity index (χ0) is 14.4. The van der Waals surface area contributed by atoms with Gasteiger partial charge in [-0.3, -0.25) is 10.1 Å². The van der Waals surface area contributed by atoms with Crippen molar-refractivity contribution in [1.82, 2.24) is 15.1 Å². The minimum Gasteiger partial charge on any atom is -0.350 e. The molecule has 1 N–H and O–H groups in total. The summed E-state index contributed by atoms with van der Waals surface area (Å²) in [4.78, 5) is 13.3. The molecule has 2 aliphatic rings. The van der Waals surface area contributed by atoms with Gasteiger partial charge in [0.1, 0.15) is 5.69 Å². The summed E-state index contributed by atoms with van der Waals surface area (Å²) in [5.41, 5.74) is 0.776. The summed E-state index contributed by atoms with van der Waals surface area (Å²) in [6.07, 6.45) is 0. The molecule has 1 aromatic heterocycles. The van der Waals surface area contributed by atoms with E-state index in [4.69, 9.17) is 0 Å². The van der Waals surface area contributed by atoms with Gasteiger partial charge in [-0.25, -0.2) is 4.68 Å². The molecule has 0 saturated carbocycles. The molecule has 2 atom stereocenters. The molecule has 7 heteroatoms. The summed E-state index contributed by atoms with van der Waals surface area (Å²) in [5, 5.41) is 19.3. The van der Waals surface area contributed by atoms with Gasteiger partial charge in [-0.2, -0.15) is 5.10 Å². The van der Waals surface area contributed by atoms with Gasteiger partial charge in [0.25, 0.3) is 0 Å². The molecule has 0 radical (unpaired) electrons. The van der Waals surface area contributed by atoms with Gasteiger partial charge in [0.2, 0.25) is 5.82 Å². The lowest BCUT2D eigenvalue weighted by Crippen LogP contribution is -2.27. The van der Waals surface area contributed by atoms with Gasteiger partial charge >= 0.3 is 5.69 Å². The number of nitro groups is 1. The second kappa shape index (κ2) is 4.73. The predicted molar refractivity (Wildman–Crippen MR) is 76.0 cm³/mol. The Labute approximate surface area is 118 Å². The Morgan fingerprint density at radius 2 is 1.95 bits per heavy atom. The number of hydrogen-bond donors (Lipinski definition) is 1. The van der Waals surface area contributed by atoms with E-state index in [1.165, 1.54) is 0 Å². The first-order chi connectivity index (χ1) is 9.49. The van der Waals surface area contributed by atoms with Crippen molar-refractivity contribution in [2.75, 3.05) is 31.1 Å². The summed E-state index contributed by atoms with van der Waals surface area (Å²) in [6, 6.07) is 0. The Morgan fingerprint density at radius 3 is 2.45 bits per heavy atom. The van der Waals surface area contributed by atoms with E-state index in [1.54, 1.807) is 11.7 Å². The first-order valence-electron chi connectivity index (χ1n) is 7.16. The van der Waals surface area contributed by atoms with Crippen molar-refractivity contribution < 1.29 is 4.92 Å². The van der Waals surface area contributed by atoms with Gasteiger partial charge in [0.15, 0.2) is 0 Å². The van der Waals surface area contributed by atoms with Gasteiger partial charge in [-0.15, -0.1) is 0 Å². The second-order valence-electron chi connectivity index (χ2n) is 6.18. The molecule has 2 saturated heterocycles. The number of nitrogens with zero attached hydrogens (tertiary/aromatic N) is 4. The highest BCUT2D eigenvalue weighted by molar-refractivity contribution is 5.63. The van der Waals surface area contributed by atoms with Gasteiger partial charge in [-0.05, 0) is 11.8 Å². The average molecular weight is 279 g/mol. The van der Waals surface area contributed by atoms with Crippen LogP contribution in [0.1, 0.15) is 25.5 Å². The van der Waals surface area contributed by atoms with E-state index in [0.717, 1.165) is 26.2 Å². The van der Waals surface area contributed by atoms with Crippen molar-refractivity contribution in [3.8, 4) is 0 Å². The molecule has 0 spiro atoms. The Kier molecular flexibility index (Phi) is 3.16. The number of hydrogen-bond acceptors (Lipinski definition) is 5. The average Bonchev–Trinajstić information content (AvgIpc) is 2.98. The quantitative estimate of drug-likeness (QED) is 0.662. The van der Waals surface area contributed by atoms with Crippen LogP contribution in [-0.4, -0.2) is 40.9 Å². The number of aromatic nitrogens is 2. The maximum Gasteiger partial charge on any atom is 0.334 e. The summed E-state index contributed by atoms with van der Waals surface area (Å²) < 4.78 is 1.68. The lowest BCUT2D eigenvalue weighted by Gasteiger charge is -2.18. The topological polar surface area (TPSA) is 76.2 Å². The number of fused-ring (bicyclic) bond motifs is 1. The minimum atomic E-state index is -0.274. The molecule has 2 unspecified atom stereocenters. The molecule has 0 aliphatic carbocycles. The van der Waals surface area contributed by atoms with Gasteiger partial charge in [0.05, 0.1) is 4.92 Å². The molecule has 0 aromatic carbocycles. The fourth-order valence-electron chi connectivity index (χ4n) is 3.47. The molecular formula is C13H21N5O2. The summed E-state index contributed by atoms with van der Waals surface area (Å²) in [6.45, 7) is 7.70. The standard InChI is InChI=1S/C13H21N5O2/c1-8(2)11-12(18(19)20)13(16(3)15-11)17-6-9-4-14-5-10(9)7-17/h8-10,14H,4-7H2,1-3H3. The summed E-state index contributed by atoms with van der Waals surface area (Å²) in [7, 11) is 1.81. The number of anilines is 1. The van der Waals surface area contributed by atoms with Crippen molar-refractivity contribution in [2.24, 2.45) is 18.9 Å². The molecule has 1 aromatic rings. The molecule has 7 nitrogen and oxygen atoms in total. The molecule has 2 aliphatic heterocycles. The summed E-state index contributed by atoms with van der Waals surface area (Å²) in [5.74, 6) is 1.94. The Balaban J connectivity index is 1.99. The molecule has 3 heterocycles. The highest BCUT2D eigenvalue weighted by atomic mass is 16.6. The van der Waals surface area contributed by atoms with Crippen LogP contribution in [-0.2, 0) is 7.05 Å². The van der Waals surface area contributed by atoms with E-state index in [9.17, 15) is 10.1 Å². The normalized spacial score (nSPS) is 25.5. The molecule has 20 heavy (non-hydrogen) atoms. The Morgan fingerprint density at radius 1 is 1.35 bits per heavy atom. The molecule has 110 valence electrons. The van der Waals surface area contributed by atoms with E-state index in [1.807, 2.05) is 13.8 Å². The van der Waals surface area contributed by atoms with Gasteiger partial charge < -0.3 is 10.2 Å². The number of rotatable bonds is 3. The SMILES string of the molecule is CC(C)c1nn(C)c(N2CC3CNCC3C2)c1[N+](=O)[O-]. The maximum atomic E-state index is 11.5. The van der Waals surface area contributed by atoms with Crippen LogP contribution in [0.25, 0.3) is 0 Å². The smallest absolute Gasteiger partial charge is 0.334 e. The van der Waals surface area contributed by atoms with Crippen LogP contribution in [0.2, 0.25) is 0 Å². The van der Waals surface area contributed by atoms with Crippen molar-refractivity contribution in [3.05, 3.63) is 15.8 Å². The Hall–Kier alpha value is -1.63. The number of nitrogens with one attached hydrogen (secondary N) is 1. The third kappa shape index (κ3) is 1.96. The zero-order valence-corrected chi connectivity index (χ0v) is 12.2. The molecular weight excluding hydrogens is 258 g/mol. The van der Waals surface area contributed by atoms with Gasteiger partial charge in [-0.1, -0.05) is 13.8 Å². The van der Waals surface area contributed by atoms with Crippen molar-refractivity contribution in [2.45, 2.75) is 19.8 Å². The largest absolute Gasteiger partial charge is 0.350 e.